The summed E-state index contributed by atoms with van der Waals surface area (Å²) < 4.78 is 0. The molecule has 1 aliphatic heterocycles. The predicted molar refractivity (Wildman–Crippen MR) is 149 cm³/mol. The lowest BCUT2D eigenvalue weighted by Crippen LogP contribution is -2.16. The van der Waals surface area contributed by atoms with Crippen LogP contribution in [0.2, 0.25) is 0 Å². The van der Waals surface area contributed by atoms with Gasteiger partial charge in [-0.3, -0.25) is 4.99 Å². The molecule has 2 heterocycles. The highest BCUT2D eigenvalue weighted by Crippen LogP contribution is 2.48. The summed E-state index contributed by atoms with van der Waals surface area (Å²) in [5.74, 6) is 0.412. The topological polar surface area (TPSA) is 25.2 Å². The SMILES string of the molecule is C1=CC2=C(CC1)C1CC(=N2)c2ccc(-c3ccc4ccc5ccccc5c4n3)cc2-c2ccccc21. The van der Waals surface area contributed by atoms with Crippen LogP contribution >= 0.6 is 0 Å². The summed E-state index contributed by atoms with van der Waals surface area (Å²) >= 11 is 0. The zero-order valence-corrected chi connectivity index (χ0v) is 19.9. The van der Waals surface area contributed by atoms with Crippen LogP contribution in [0.15, 0.2) is 119 Å². The summed E-state index contributed by atoms with van der Waals surface area (Å²) in [6.07, 6.45) is 7.71. The quantitative estimate of drug-likeness (QED) is 0.230. The van der Waals surface area contributed by atoms with E-state index in [2.05, 4.69) is 103 Å². The molecule has 1 atom stereocenters. The van der Waals surface area contributed by atoms with Gasteiger partial charge in [0.1, 0.15) is 0 Å². The van der Waals surface area contributed by atoms with Gasteiger partial charge in [0.25, 0.3) is 0 Å². The normalized spacial score (nSPS) is 17.9. The minimum Gasteiger partial charge on any atom is -0.253 e. The standard InChI is InChI=1S/C34H24N2/c1-2-8-24-21(7-1)13-14-22-16-18-31(36-34(22)24)23-15-17-28-29(19-23)25-9-3-4-10-26(25)30-20-33(28)35-32-12-6-5-11-27(30)32/h1-4,6-10,12-19,30H,5,11,20H2. The maximum Gasteiger partial charge on any atom is 0.0787 e. The van der Waals surface area contributed by atoms with E-state index in [1.807, 2.05) is 0 Å². The van der Waals surface area contributed by atoms with E-state index in [4.69, 9.17) is 9.98 Å². The van der Waals surface area contributed by atoms with Crippen molar-refractivity contribution in [2.75, 3.05) is 0 Å². The summed E-state index contributed by atoms with van der Waals surface area (Å²) in [5, 5.41) is 3.59. The first kappa shape index (κ1) is 19.9. The van der Waals surface area contributed by atoms with Crippen LogP contribution in [0.25, 0.3) is 44.1 Å². The van der Waals surface area contributed by atoms with Crippen molar-refractivity contribution in [2.24, 2.45) is 4.99 Å². The second kappa shape index (κ2) is 7.60. The lowest BCUT2D eigenvalue weighted by Gasteiger charge is -2.28. The van der Waals surface area contributed by atoms with Crippen LogP contribution in [0.5, 0.6) is 0 Å². The van der Waals surface area contributed by atoms with Crippen LogP contribution in [-0.2, 0) is 0 Å². The summed E-state index contributed by atoms with van der Waals surface area (Å²) in [6.45, 7) is 0. The molecule has 2 nitrogen and oxygen atoms in total. The van der Waals surface area contributed by atoms with Gasteiger partial charge in [-0.05, 0) is 58.7 Å². The van der Waals surface area contributed by atoms with Gasteiger partial charge in [-0.25, -0.2) is 4.98 Å². The average Bonchev–Trinajstić information content (AvgIpc) is 3.06. The highest BCUT2D eigenvalue weighted by molar-refractivity contribution is 6.10. The van der Waals surface area contributed by atoms with E-state index < -0.39 is 0 Å². The van der Waals surface area contributed by atoms with Gasteiger partial charge in [-0.1, -0.05) is 84.9 Å². The third kappa shape index (κ3) is 2.91. The van der Waals surface area contributed by atoms with E-state index in [0.717, 1.165) is 36.0 Å². The number of aromatic nitrogens is 1. The molecule has 1 unspecified atom stereocenters. The van der Waals surface area contributed by atoms with Gasteiger partial charge in [-0.15, -0.1) is 0 Å². The number of rotatable bonds is 1. The van der Waals surface area contributed by atoms with Crippen molar-refractivity contribution in [1.82, 2.24) is 4.98 Å². The molecule has 8 rings (SSSR count). The van der Waals surface area contributed by atoms with Gasteiger partial charge < -0.3 is 0 Å². The van der Waals surface area contributed by atoms with Crippen LogP contribution in [0, 0.1) is 0 Å². The van der Waals surface area contributed by atoms with E-state index in [-0.39, 0.29) is 0 Å². The molecule has 0 saturated carbocycles. The summed E-state index contributed by atoms with van der Waals surface area (Å²) in [4.78, 5) is 10.4. The Hall–Kier alpha value is -4.30. The fourth-order valence-electron chi connectivity index (χ4n) is 6.35. The zero-order valence-electron chi connectivity index (χ0n) is 19.9. The molecule has 0 radical (unpaired) electrons. The molecule has 0 saturated heterocycles. The molecule has 36 heavy (non-hydrogen) atoms. The molecular formula is C34H24N2. The fourth-order valence-corrected chi connectivity index (χ4v) is 6.35. The van der Waals surface area contributed by atoms with E-state index in [9.17, 15) is 0 Å². The smallest absolute Gasteiger partial charge is 0.0787 e. The Morgan fingerprint density at radius 1 is 0.722 bits per heavy atom. The number of nitrogens with zero attached hydrogens (tertiary/aromatic N) is 2. The summed E-state index contributed by atoms with van der Waals surface area (Å²) in [6, 6.07) is 33.0. The lowest BCUT2D eigenvalue weighted by molar-refractivity contribution is 0.736. The molecule has 0 spiro atoms. The number of hydrogen-bond acceptors (Lipinski definition) is 2. The van der Waals surface area contributed by atoms with Crippen molar-refractivity contribution in [3.63, 3.8) is 0 Å². The van der Waals surface area contributed by atoms with Gasteiger partial charge in [0.15, 0.2) is 0 Å². The number of allylic oxidation sites excluding steroid dienone is 3. The molecule has 0 fully saturated rings. The maximum atomic E-state index is 5.18. The molecule has 2 bridgehead atoms. The molecule has 170 valence electrons. The Morgan fingerprint density at radius 2 is 1.58 bits per heavy atom. The molecule has 5 aromatic rings. The summed E-state index contributed by atoms with van der Waals surface area (Å²) in [5.41, 5.74) is 12.4. The van der Waals surface area contributed by atoms with Crippen molar-refractivity contribution in [3.8, 4) is 22.4 Å². The zero-order chi connectivity index (χ0) is 23.6. The second-order valence-electron chi connectivity index (χ2n) is 10.1. The Morgan fingerprint density at radius 3 is 2.58 bits per heavy atom. The van der Waals surface area contributed by atoms with Crippen LogP contribution in [0.4, 0.5) is 0 Å². The minimum absolute atomic E-state index is 0.412. The largest absolute Gasteiger partial charge is 0.253 e. The molecule has 2 heteroatoms. The third-order valence-electron chi connectivity index (χ3n) is 8.10. The van der Waals surface area contributed by atoms with Gasteiger partial charge in [0.2, 0.25) is 0 Å². The van der Waals surface area contributed by atoms with E-state index in [1.165, 1.54) is 55.4 Å². The molecule has 3 aliphatic rings. The number of pyridine rings is 1. The van der Waals surface area contributed by atoms with Crippen LogP contribution < -0.4 is 0 Å². The van der Waals surface area contributed by atoms with Gasteiger partial charge in [0, 0.05) is 39.9 Å². The molecule has 0 amide bonds. The first-order valence-electron chi connectivity index (χ1n) is 12.8. The van der Waals surface area contributed by atoms with Crippen molar-refractivity contribution in [3.05, 3.63) is 126 Å². The number of aliphatic imine (C=N–C) groups is 1. The van der Waals surface area contributed by atoms with E-state index in [1.54, 1.807) is 0 Å². The van der Waals surface area contributed by atoms with Crippen molar-refractivity contribution >= 4 is 27.4 Å². The van der Waals surface area contributed by atoms with Gasteiger partial charge >= 0.3 is 0 Å². The Balaban J connectivity index is 1.35. The second-order valence-corrected chi connectivity index (χ2v) is 10.1. The van der Waals surface area contributed by atoms with E-state index in [0.29, 0.717) is 5.92 Å². The predicted octanol–water partition coefficient (Wildman–Crippen LogP) is 8.62. The molecule has 4 aromatic carbocycles. The maximum absolute atomic E-state index is 5.18. The van der Waals surface area contributed by atoms with Gasteiger partial charge in [-0.2, -0.15) is 0 Å². The summed E-state index contributed by atoms with van der Waals surface area (Å²) in [7, 11) is 0. The molecule has 2 aliphatic carbocycles. The third-order valence-corrected chi connectivity index (χ3v) is 8.10. The first-order valence-corrected chi connectivity index (χ1v) is 12.8. The average molecular weight is 461 g/mol. The highest BCUT2D eigenvalue weighted by Gasteiger charge is 2.33. The fraction of sp³-hybridized carbons (Fsp3) is 0.118. The monoisotopic (exact) mass is 460 g/mol. The van der Waals surface area contributed by atoms with Crippen LogP contribution in [-0.4, -0.2) is 10.7 Å². The van der Waals surface area contributed by atoms with Crippen LogP contribution in [0.3, 0.4) is 0 Å². The Bertz CT molecular complexity index is 1820. The highest BCUT2D eigenvalue weighted by atomic mass is 14.8. The molecule has 0 N–H and O–H groups in total. The number of hydrogen-bond donors (Lipinski definition) is 0. The van der Waals surface area contributed by atoms with Crippen molar-refractivity contribution in [2.45, 2.75) is 25.2 Å². The number of benzene rings is 4. The first-order chi connectivity index (χ1) is 17.8. The Kier molecular flexibility index (Phi) is 4.21. The molecular weight excluding hydrogens is 436 g/mol. The lowest BCUT2D eigenvalue weighted by atomic mass is 9.79. The van der Waals surface area contributed by atoms with E-state index >= 15 is 0 Å². The molecule has 1 aromatic heterocycles. The minimum atomic E-state index is 0.412. The van der Waals surface area contributed by atoms with Crippen LogP contribution in [0.1, 0.15) is 36.3 Å². The van der Waals surface area contributed by atoms with Crippen molar-refractivity contribution in [1.29, 1.82) is 0 Å². The van der Waals surface area contributed by atoms with Crippen molar-refractivity contribution < 1.29 is 0 Å². The Labute approximate surface area is 210 Å². The number of fused-ring (bicyclic) bond motifs is 11. The van der Waals surface area contributed by atoms with Gasteiger partial charge in [0.05, 0.1) is 16.9 Å².